The van der Waals surface area contributed by atoms with Gasteiger partial charge in [0.25, 0.3) is 5.91 Å². The van der Waals surface area contributed by atoms with Gasteiger partial charge in [0, 0.05) is 5.69 Å². The molecule has 0 aliphatic rings. The van der Waals surface area contributed by atoms with E-state index >= 15 is 0 Å². The Bertz CT molecular complexity index is 796. The molecular weight excluding hydrogens is 298 g/mol. The fourth-order valence-corrected chi connectivity index (χ4v) is 1.94. The Morgan fingerprint density at radius 1 is 1.13 bits per heavy atom. The second-order valence-corrected chi connectivity index (χ2v) is 4.63. The summed E-state index contributed by atoms with van der Waals surface area (Å²) in [5, 5.41) is 12.6. The van der Waals surface area contributed by atoms with E-state index in [2.05, 4.69) is 20.8 Å². The molecule has 3 aromatic rings. The maximum absolute atomic E-state index is 11.9. The van der Waals surface area contributed by atoms with Crippen molar-refractivity contribution in [3.05, 3.63) is 61.1 Å². The topological polar surface area (TPSA) is 102 Å². The summed E-state index contributed by atoms with van der Waals surface area (Å²) in [6, 6.07) is 10.3. The number of aromatic nitrogens is 3. The quantitative estimate of drug-likeness (QED) is 0.738. The van der Waals surface area contributed by atoms with Crippen LogP contribution in [0, 0.1) is 0 Å². The van der Waals surface area contributed by atoms with Crippen LogP contribution in [0.1, 0.15) is 10.6 Å². The van der Waals surface area contributed by atoms with Crippen LogP contribution in [0.3, 0.4) is 0 Å². The van der Waals surface area contributed by atoms with E-state index in [0.717, 1.165) is 5.69 Å². The van der Waals surface area contributed by atoms with Crippen LogP contribution in [-0.2, 0) is 4.79 Å². The Morgan fingerprint density at radius 3 is 2.70 bits per heavy atom. The molecule has 0 radical (unpaired) electrons. The van der Waals surface area contributed by atoms with E-state index in [9.17, 15) is 9.59 Å². The van der Waals surface area contributed by atoms with Crippen molar-refractivity contribution < 1.29 is 14.0 Å². The van der Waals surface area contributed by atoms with Crippen LogP contribution in [0.25, 0.3) is 5.69 Å². The lowest BCUT2D eigenvalue weighted by Gasteiger charge is -2.08. The number of benzene rings is 1. The fraction of sp³-hybridized carbons (Fsp3) is 0.0667. The maximum Gasteiger partial charge on any atom is 0.287 e. The third-order valence-corrected chi connectivity index (χ3v) is 3.00. The van der Waals surface area contributed by atoms with E-state index in [1.54, 1.807) is 41.5 Å². The number of carbonyl (C=O) groups excluding carboxylic acids is 2. The highest BCUT2D eigenvalue weighted by Gasteiger charge is 2.10. The molecular formula is C15H13N5O3. The first-order valence-corrected chi connectivity index (χ1v) is 6.79. The molecule has 0 aliphatic carbocycles. The largest absolute Gasteiger partial charge is 0.459 e. The number of hydrogen-bond acceptors (Lipinski definition) is 5. The average Bonchev–Trinajstić information content (AvgIpc) is 3.25. The molecule has 2 aromatic heterocycles. The molecule has 0 aliphatic heterocycles. The highest BCUT2D eigenvalue weighted by atomic mass is 16.3. The lowest BCUT2D eigenvalue weighted by Crippen LogP contribution is -2.32. The minimum absolute atomic E-state index is 0.156. The molecule has 0 bridgehead atoms. The first-order valence-electron chi connectivity index (χ1n) is 6.79. The fourth-order valence-electron chi connectivity index (χ4n) is 1.94. The summed E-state index contributed by atoms with van der Waals surface area (Å²) in [6.45, 7) is -0.156. The van der Waals surface area contributed by atoms with Crippen molar-refractivity contribution >= 4 is 17.5 Å². The molecule has 0 spiro atoms. The Balaban J connectivity index is 1.58. The van der Waals surface area contributed by atoms with Gasteiger partial charge in [0.15, 0.2) is 5.76 Å². The highest BCUT2D eigenvalue weighted by molar-refractivity contribution is 5.98. The van der Waals surface area contributed by atoms with Gasteiger partial charge in [-0.2, -0.15) is 0 Å². The van der Waals surface area contributed by atoms with Gasteiger partial charge in [0.05, 0.1) is 18.5 Å². The predicted octanol–water partition coefficient (Wildman–Crippen LogP) is 1.23. The number of amides is 2. The van der Waals surface area contributed by atoms with Crippen LogP contribution in [0.2, 0.25) is 0 Å². The molecule has 2 amide bonds. The second-order valence-electron chi connectivity index (χ2n) is 4.63. The minimum Gasteiger partial charge on any atom is -0.459 e. The van der Waals surface area contributed by atoms with Gasteiger partial charge >= 0.3 is 0 Å². The number of anilines is 1. The van der Waals surface area contributed by atoms with Crippen molar-refractivity contribution in [1.29, 1.82) is 0 Å². The van der Waals surface area contributed by atoms with Crippen molar-refractivity contribution in [2.75, 3.05) is 11.9 Å². The van der Waals surface area contributed by atoms with Gasteiger partial charge in [-0.15, -0.1) is 10.2 Å². The van der Waals surface area contributed by atoms with Gasteiger partial charge in [0.2, 0.25) is 5.91 Å². The first kappa shape index (κ1) is 14.5. The van der Waals surface area contributed by atoms with Crippen LogP contribution in [0.15, 0.2) is 59.7 Å². The monoisotopic (exact) mass is 311 g/mol. The van der Waals surface area contributed by atoms with Crippen LogP contribution in [0.4, 0.5) is 5.69 Å². The molecule has 8 nitrogen and oxygen atoms in total. The van der Waals surface area contributed by atoms with Crippen LogP contribution in [-0.4, -0.2) is 33.1 Å². The predicted molar refractivity (Wildman–Crippen MR) is 81.0 cm³/mol. The van der Waals surface area contributed by atoms with E-state index in [0.29, 0.717) is 5.69 Å². The molecule has 3 rings (SSSR count). The molecule has 1 aromatic carbocycles. The van der Waals surface area contributed by atoms with E-state index < -0.39 is 5.91 Å². The maximum atomic E-state index is 11.9. The molecule has 0 atom stereocenters. The molecule has 8 heteroatoms. The standard InChI is InChI=1S/C15H13N5O3/c21-14(8-16-15(22)13-5-2-6-23-13)19-11-3-1-4-12(7-11)20-9-17-18-10-20/h1-7,9-10H,8H2,(H,16,22)(H,19,21). The van der Waals surface area contributed by atoms with Crippen molar-refractivity contribution in [3.63, 3.8) is 0 Å². The summed E-state index contributed by atoms with van der Waals surface area (Å²) in [5.74, 6) is -0.624. The minimum atomic E-state index is -0.441. The van der Waals surface area contributed by atoms with E-state index in [-0.39, 0.29) is 18.2 Å². The van der Waals surface area contributed by atoms with E-state index in [4.69, 9.17) is 4.42 Å². The van der Waals surface area contributed by atoms with E-state index in [1.165, 1.54) is 12.3 Å². The lowest BCUT2D eigenvalue weighted by atomic mass is 10.2. The lowest BCUT2D eigenvalue weighted by molar-refractivity contribution is -0.115. The third kappa shape index (κ3) is 3.62. The summed E-state index contributed by atoms with van der Waals surface area (Å²) in [6.07, 6.45) is 4.51. The Morgan fingerprint density at radius 2 is 1.96 bits per heavy atom. The normalized spacial score (nSPS) is 10.3. The zero-order chi connectivity index (χ0) is 16.1. The Hall–Kier alpha value is -3.42. The number of hydrogen-bond donors (Lipinski definition) is 2. The van der Waals surface area contributed by atoms with Gasteiger partial charge in [-0.3, -0.25) is 14.2 Å². The number of rotatable bonds is 5. The van der Waals surface area contributed by atoms with Crippen LogP contribution < -0.4 is 10.6 Å². The van der Waals surface area contributed by atoms with Crippen molar-refractivity contribution in [2.24, 2.45) is 0 Å². The van der Waals surface area contributed by atoms with Gasteiger partial charge in [-0.05, 0) is 30.3 Å². The molecule has 23 heavy (non-hydrogen) atoms. The smallest absolute Gasteiger partial charge is 0.287 e. The molecule has 0 saturated carbocycles. The SMILES string of the molecule is O=C(CNC(=O)c1ccco1)Nc1cccc(-n2cnnc2)c1. The summed E-state index contributed by atoms with van der Waals surface area (Å²) in [5.41, 5.74) is 1.42. The Labute approximate surface area is 131 Å². The zero-order valence-electron chi connectivity index (χ0n) is 12.0. The summed E-state index contributed by atoms with van der Waals surface area (Å²) in [7, 11) is 0. The molecule has 0 saturated heterocycles. The summed E-state index contributed by atoms with van der Waals surface area (Å²) >= 11 is 0. The number of nitrogens with zero attached hydrogens (tertiary/aromatic N) is 3. The van der Waals surface area contributed by atoms with Crippen molar-refractivity contribution in [2.45, 2.75) is 0 Å². The van der Waals surface area contributed by atoms with Gasteiger partial charge in [-0.25, -0.2) is 0 Å². The summed E-state index contributed by atoms with van der Waals surface area (Å²) in [4.78, 5) is 23.6. The first-order chi connectivity index (χ1) is 11.2. The number of furan rings is 1. The van der Waals surface area contributed by atoms with Crippen molar-refractivity contribution in [3.8, 4) is 5.69 Å². The number of carbonyl (C=O) groups is 2. The second kappa shape index (κ2) is 6.56. The highest BCUT2D eigenvalue weighted by Crippen LogP contribution is 2.13. The molecule has 2 N–H and O–H groups in total. The molecule has 0 unspecified atom stereocenters. The molecule has 2 heterocycles. The van der Waals surface area contributed by atoms with Crippen molar-refractivity contribution in [1.82, 2.24) is 20.1 Å². The van der Waals surface area contributed by atoms with Crippen LogP contribution >= 0.6 is 0 Å². The summed E-state index contributed by atoms with van der Waals surface area (Å²) < 4.78 is 6.66. The zero-order valence-corrected chi connectivity index (χ0v) is 12.0. The van der Waals surface area contributed by atoms with Gasteiger partial charge < -0.3 is 15.1 Å². The van der Waals surface area contributed by atoms with Crippen LogP contribution in [0.5, 0.6) is 0 Å². The number of nitrogens with one attached hydrogen (secondary N) is 2. The van der Waals surface area contributed by atoms with Gasteiger partial charge in [-0.1, -0.05) is 6.07 Å². The molecule has 116 valence electrons. The third-order valence-electron chi connectivity index (χ3n) is 3.00. The molecule has 0 fully saturated rings. The van der Waals surface area contributed by atoms with E-state index in [1.807, 2.05) is 6.07 Å². The average molecular weight is 311 g/mol. The van der Waals surface area contributed by atoms with Gasteiger partial charge in [0.1, 0.15) is 12.7 Å². The Kier molecular flexibility index (Phi) is 4.14.